The standard InChI is InChI=1S/C21H34N4O2/c1-4-23(5-2)18-12-15-25(16-18)21(26)22-17-10-13-24(14-11-17)19-8-6-7-9-20(19)27-3/h6-9,17-18H,4-5,10-16H2,1-3H3,(H,22,26). The summed E-state index contributed by atoms with van der Waals surface area (Å²) in [6.07, 6.45) is 3.02. The van der Waals surface area contributed by atoms with Gasteiger partial charge in [-0.3, -0.25) is 4.90 Å². The minimum Gasteiger partial charge on any atom is -0.495 e. The quantitative estimate of drug-likeness (QED) is 0.832. The van der Waals surface area contributed by atoms with Crippen LogP contribution in [0.3, 0.4) is 0 Å². The van der Waals surface area contributed by atoms with Gasteiger partial charge >= 0.3 is 6.03 Å². The first-order chi connectivity index (χ1) is 13.2. The minimum absolute atomic E-state index is 0.111. The number of carbonyl (C=O) groups excluding carboxylic acids is 1. The number of hydrogen-bond acceptors (Lipinski definition) is 4. The number of carbonyl (C=O) groups is 1. The summed E-state index contributed by atoms with van der Waals surface area (Å²) >= 11 is 0. The number of para-hydroxylation sites is 2. The van der Waals surface area contributed by atoms with E-state index in [1.165, 1.54) is 0 Å². The Bertz CT molecular complexity index is 612. The molecule has 0 spiro atoms. The van der Waals surface area contributed by atoms with Gasteiger partial charge in [-0.1, -0.05) is 26.0 Å². The van der Waals surface area contributed by atoms with Crippen LogP contribution < -0.4 is 15.0 Å². The maximum atomic E-state index is 12.7. The van der Waals surface area contributed by atoms with Crippen molar-refractivity contribution in [1.82, 2.24) is 15.1 Å². The minimum atomic E-state index is 0.111. The van der Waals surface area contributed by atoms with Crippen molar-refractivity contribution in [2.75, 3.05) is 51.3 Å². The number of hydrogen-bond donors (Lipinski definition) is 1. The number of amides is 2. The van der Waals surface area contributed by atoms with Crippen LogP contribution in [0.4, 0.5) is 10.5 Å². The Morgan fingerprint density at radius 2 is 1.85 bits per heavy atom. The van der Waals surface area contributed by atoms with Crippen LogP contribution in [0.2, 0.25) is 0 Å². The number of rotatable bonds is 6. The van der Waals surface area contributed by atoms with Crippen LogP contribution in [0.5, 0.6) is 5.75 Å². The van der Waals surface area contributed by atoms with Crippen molar-refractivity contribution in [3.8, 4) is 5.75 Å². The highest BCUT2D eigenvalue weighted by Gasteiger charge is 2.31. The van der Waals surface area contributed by atoms with Gasteiger partial charge in [0.2, 0.25) is 0 Å². The fourth-order valence-electron chi connectivity index (χ4n) is 4.39. The third-order valence-corrected chi connectivity index (χ3v) is 6.03. The zero-order chi connectivity index (χ0) is 19.2. The first-order valence-electron chi connectivity index (χ1n) is 10.3. The van der Waals surface area contributed by atoms with Gasteiger partial charge in [-0.25, -0.2) is 4.79 Å². The predicted molar refractivity (Wildman–Crippen MR) is 110 cm³/mol. The highest BCUT2D eigenvalue weighted by molar-refractivity contribution is 5.75. The number of nitrogens with one attached hydrogen (secondary N) is 1. The van der Waals surface area contributed by atoms with E-state index >= 15 is 0 Å². The molecule has 1 N–H and O–H groups in total. The van der Waals surface area contributed by atoms with Gasteiger partial charge in [0.15, 0.2) is 0 Å². The molecule has 0 bridgehead atoms. The van der Waals surface area contributed by atoms with Crippen LogP contribution in [0, 0.1) is 0 Å². The first-order valence-corrected chi connectivity index (χ1v) is 10.3. The van der Waals surface area contributed by atoms with Crippen LogP contribution in [0.25, 0.3) is 0 Å². The number of nitrogens with zero attached hydrogens (tertiary/aromatic N) is 3. The third kappa shape index (κ3) is 4.67. The Kier molecular flexibility index (Phi) is 6.83. The Hall–Kier alpha value is -1.95. The van der Waals surface area contributed by atoms with Crippen molar-refractivity contribution >= 4 is 11.7 Å². The van der Waals surface area contributed by atoms with E-state index in [0.717, 1.165) is 70.0 Å². The monoisotopic (exact) mass is 374 g/mol. The SMILES string of the molecule is CCN(CC)C1CCN(C(=O)NC2CCN(c3ccccc3OC)CC2)C1. The van der Waals surface area contributed by atoms with E-state index in [-0.39, 0.29) is 12.1 Å². The molecule has 2 heterocycles. The molecule has 1 unspecified atom stereocenters. The van der Waals surface area contributed by atoms with Gasteiger partial charge in [0.25, 0.3) is 0 Å². The summed E-state index contributed by atoms with van der Waals surface area (Å²) in [7, 11) is 1.72. The molecule has 3 rings (SSSR count). The van der Waals surface area contributed by atoms with E-state index in [2.05, 4.69) is 35.0 Å². The lowest BCUT2D eigenvalue weighted by Gasteiger charge is -2.35. The average molecular weight is 375 g/mol. The zero-order valence-corrected chi connectivity index (χ0v) is 17.0. The van der Waals surface area contributed by atoms with Gasteiger partial charge in [0, 0.05) is 38.3 Å². The number of piperidine rings is 1. The lowest BCUT2D eigenvalue weighted by atomic mass is 10.0. The van der Waals surface area contributed by atoms with E-state index in [1.54, 1.807) is 7.11 Å². The molecule has 1 atom stereocenters. The Morgan fingerprint density at radius 3 is 2.52 bits per heavy atom. The molecule has 0 aromatic heterocycles. The highest BCUT2D eigenvalue weighted by Crippen LogP contribution is 2.30. The lowest BCUT2D eigenvalue weighted by Crippen LogP contribution is -2.49. The number of likely N-dealkylation sites (tertiary alicyclic amines) is 1. The Labute approximate surface area is 163 Å². The Balaban J connectivity index is 1.47. The molecule has 27 heavy (non-hydrogen) atoms. The summed E-state index contributed by atoms with van der Waals surface area (Å²) in [6.45, 7) is 10.1. The number of benzene rings is 1. The largest absolute Gasteiger partial charge is 0.495 e. The smallest absolute Gasteiger partial charge is 0.317 e. The molecular formula is C21H34N4O2. The van der Waals surface area contributed by atoms with Crippen LogP contribution in [-0.2, 0) is 0 Å². The predicted octanol–water partition coefficient (Wildman–Crippen LogP) is 2.79. The molecule has 0 aliphatic carbocycles. The molecule has 6 heteroatoms. The van der Waals surface area contributed by atoms with Gasteiger partial charge in [-0.15, -0.1) is 0 Å². The van der Waals surface area contributed by atoms with Crippen molar-refractivity contribution in [2.45, 2.75) is 45.2 Å². The second-order valence-electron chi connectivity index (χ2n) is 7.49. The molecule has 0 saturated carbocycles. The van der Waals surface area contributed by atoms with E-state index in [1.807, 2.05) is 23.1 Å². The average Bonchev–Trinajstić information content (AvgIpc) is 3.20. The van der Waals surface area contributed by atoms with Crippen molar-refractivity contribution < 1.29 is 9.53 Å². The molecule has 0 radical (unpaired) electrons. The van der Waals surface area contributed by atoms with E-state index < -0.39 is 0 Å². The summed E-state index contributed by atoms with van der Waals surface area (Å²) in [6, 6.07) is 9.04. The molecule has 150 valence electrons. The molecule has 1 aromatic rings. The van der Waals surface area contributed by atoms with Crippen molar-refractivity contribution in [2.24, 2.45) is 0 Å². The van der Waals surface area contributed by atoms with E-state index in [9.17, 15) is 4.79 Å². The maximum Gasteiger partial charge on any atom is 0.317 e. The summed E-state index contributed by atoms with van der Waals surface area (Å²) in [5, 5.41) is 3.27. The van der Waals surface area contributed by atoms with E-state index in [4.69, 9.17) is 4.74 Å². The van der Waals surface area contributed by atoms with Gasteiger partial charge < -0.3 is 19.9 Å². The number of methoxy groups -OCH3 is 1. The molecule has 2 amide bonds. The second-order valence-corrected chi connectivity index (χ2v) is 7.49. The fraction of sp³-hybridized carbons (Fsp3) is 0.667. The topological polar surface area (TPSA) is 48.0 Å². The van der Waals surface area contributed by atoms with Gasteiger partial charge in [0.05, 0.1) is 12.8 Å². The summed E-state index contributed by atoms with van der Waals surface area (Å²) in [4.78, 5) is 19.5. The summed E-state index contributed by atoms with van der Waals surface area (Å²) in [5.41, 5.74) is 1.14. The van der Waals surface area contributed by atoms with Crippen molar-refractivity contribution in [1.29, 1.82) is 0 Å². The van der Waals surface area contributed by atoms with Crippen LogP contribution in [0.15, 0.2) is 24.3 Å². The zero-order valence-electron chi connectivity index (χ0n) is 17.0. The number of urea groups is 1. The molecule has 2 aliphatic rings. The summed E-state index contributed by atoms with van der Waals surface area (Å²) in [5.74, 6) is 0.916. The number of ether oxygens (including phenoxy) is 1. The fourth-order valence-corrected chi connectivity index (χ4v) is 4.39. The molecule has 2 fully saturated rings. The van der Waals surface area contributed by atoms with Crippen LogP contribution in [-0.4, -0.2) is 74.3 Å². The van der Waals surface area contributed by atoms with Gasteiger partial charge in [-0.2, -0.15) is 0 Å². The lowest BCUT2D eigenvalue weighted by molar-refractivity contribution is 0.188. The Morgan fingerprint density at radius 1 is 1.15 bits per heavy atom. The van der Waals surface area contributed by atoms with Crippen molar-refractivity contribution in [3.63, 3.8) is 0 Å². The maximum absolute atomic E-state index is 12.7. The van der Waals surface area contributed by atoms with Gasteiger partial charge in [0.1, 0.15) is 5.75 Å². The molecular weight excluding hydrogens is 340 g/mol. The normalized spacial score (nSPS) is 21.0. The van der Waals surface area contributed by atoms with E-state index in [0.29, 0.717) is 6.04 Å². The molecule has 2 aliphatic heterocycles. The van der Waals surface area contributed by atoms with Crippen LogP contribution in [0.1, 0.15) is 33.1 Å². The second kappa shape index (κ2) is 9.31. The van der Waals surface area contributed by atoms with Crippen molar-refractivity contribution in [3.05, 3.63) is 24.3 Å². The first kappa shape index (κ1) is 19.8. The third-order valence-electron chi connectivity index (χ3n) is 6.03. The van der Waals surface area contributed by atoms with Gasteiger partial charge in [-0.05, 0) is 44.5 Å². The number of anilines is 1. The molecule has 2 saturated heterocycles. The molecule has 1 aromatic carbocycles. The number of likely N-dealkylation sites (N-methyl/N-ethyl adjacent to an activating group) is 1. The highest BCUT2D eigenvalue weighted by atomic mass is 16.5. The summed E-state index contributed by atoms with van der Waals surface area (Å²) < 4.78 is 5.48. The van der Waals surface area contributed by atoms with Crippen LogP contribution >= 0.6 is 0 Å². The molecule has 6 nitrogen and oxygen atoms in total.